The van der Waals surface area contributed by atoms with E-state index >= 15 is 0 Å². The number of nitro groups is 1. The molecular formula is C13H16N2O4. The van der Waals surface area contributed by atoms with E-state index in [9.17, 15) is 15.4 Å². The highest BCUT2D eigenvalue weighted by atomic mass is 16.6. The molecule has 0 saturated carbocycles. The fraction of sp³-hybridized carbons (Fsp3) is 0.462. The van der Waals surface area contributed by atoms with E-state index in [4.69, 9.17) is 9.47 Å². The zero-order valence-corrected chi connectivity index (χ0v) is 11.3. The Morgan fingerprint density at radius 3 is 2.32 bits per heavy atom. The predicted octanol–water partition coefficient (Wildman–Crippen LogP) is 2.88. The highest BCUT2D eigenvalue weighted by Gasteiger charge is 2.25. The van der Waals surface area contributed by atoms with Crippen molar-refractivity contribution in [2.24, 2.45) is 5.92 Å². The second-order valence-electron chi connectivity index (χ2n) is 4.38. The SMILES string of the molecule is COc1cc(C(C#N)C(C)C)cc([N+](=O)[O-])c1OC. The minimum Gasteiger partial charge on any atom is -0.493 e. The normalized spacial score (nSPS) is 11.8. The van der Waals surface area contributed by atoms with Crippen LogP contribution in [0.4, 0.5) is 5.69 Å². The molecule has 1 unspecified atom stereocenters. The number of nitriles is 1. The zero-order valence-electron chi connectivity index (χ0n) is 11.3. The molecule has 6 nitrogen and oxygen atoms in total. The predicted molar refractivity (Wildman–Crippen MR) is 69.4 cm³/mol. The summed E-state index contributed by atoms with van der Waals surface area (Å²) in [6.07, 6.45) is 0. The van der Waals surface area contributed by atoms with Gasteiger partial charge >= 0.3 is 5.69 Å². The van der Waals surface area contributed by atoms with Crippen LogP contribution in [0.1, 0.15) is 25.3 Å². The van der Waals surface area contributed by atoms with Gasteiger partial charge in [0.15, 0.2) is 5.75 Å². The van der Waals surface area contributed by atoms with Gasteiger partial charge in [-0.15, -0.1) is 0 Å². The van der Waals surface area contributed by atoms with Gasteiger partial charge in [0.1, 0.15) is 0 Å². The first kappa shape index (κ1) is 14.8. The molecule has 0 aromatic heterocycles. The second kappa shape index (κ2) is 6.05. The van der Waals surface area contributed by atoms with Crippen LogP contribution in [-0.4, -0.2) is 19.1 Å². The van der Waals surface area contributed by atoms with E-state index in [2.05, 4.69) is 6.07 Å². The van der Waals surface area contributed by atoms with E-state index in [0.29, 0.717) is 5.56 Å². The highest BCUT2D eigenvalue weighted by Crippen LogP contribution is 2.40. The molecule has 1 aromatic carbocycles. The van der Waals surface area contributed by atoms with Crippen LogP contribution < -0.4 is 9.47 Å². The molecule has 0 aliphatic heterocycles. The van der Waals surface area contributed by atoms with Gasteiger partial charge < -0.3 is 9.47 Å². The number of benzene rings is 1. The third-order valence-electron chi connectivity index (χ3n) is 2.84. The summed E-state index contributed by atoms with van der Waals surface area (Å²) >= 11 is 0. The Morgan fingerprint density at radius 2 is 1.95 bits per heavy atom. The number of hydrogen-bond acceptors (Lipinski definition) is 5. The lowest BCUT2D eigenvalue weighted by Gasteiger charge is -2.16. The van der Waals surface area contributed by atoms with E-state index in [1.54, 1.807) is 6.07 Å². The maximum absolute atomic E-state index is 11.1. The van der Waals surface area contributed by atoms with Crippen LogP contribution in [0.15, 0.2) is 12.1 Å². The fourth-order valence-electron chi connectivity index (χ4n) is 1.89. The molecule has 0 heterocycles. The molecule has 0 fully saturated rings. The van der Waals surface area contributed by atoms with Gasteiger partial charge in [-0.2, -0.15) is 5.26 Å². The molecule has 0 amide bonds. The Labute approximate surface area is 111 Å². The number of nitro benzene ring substituents is 1. The van der Waals surface area contributed by atoms with E-state index in [0.717, 1.165) is 0 Å². The second-order valence-corrected chi connectivity index (χ2v) is 4.38. The van der Waals surface area contributed by atoms with Crippen molar-refractivity contribution in [3.8, 4) is 17.6 Å². The average Bonchev–Trinajstić information content (AvgIpc) is 2.37. The minimum atomic E-state index is -0.542. The zero-order chi connectivity index (χ0) is 14.6. The van der Waals surface area contributed by atoms with Crippen molar-refractivity contribution in [3.05, 3.63) is 27.8 Å². The quantitative estimate of drug-likeness (QED) is 0.603. The van der Waals surface area contributed by atoms with Gasteiger partial charge in [0, 0.05) is 6.07 Å². The summed E-state index contributed by atoms with van der Waals surface area (Å²) in [5, 5.41) is 20.2. The van der Waals surface area contributed by atoms with Crippen molar-refractivity contribution >= 4 is 5.69 Å². The summed E-state index contributed by atoms with van der Waals surface area (Å²) in [7, 11) is 2.75. The number of rotatable bonds is 5. The Balaban J connectivity index is 3.49. The Morgan fingerprint density at radius 1 is 1.32 bits per heavy atom. The first-order chi connectivity index (χ1) is 8.96. The van der Waals surface area contributed by atoms with Crippen molar-refractivity contribution in [3.63, 3.8) is 0 Å². The average molecular weight is 264 g/mol. The molecule has 1 rings (SSSR count). The number of nitrogens with zero attached hydrogens (tertiary/aromatic N) is 2. The van der Waals surface area contributed by atoms with Gasteiger partial charge in [-0.3, -0.25) is 10.1 Å². The van der Waals surface area contributed by atoms with E-state index in [-0.39, 0.29) is 23.1 Å². The van der Waals surface area contributed by atoms with Gasteiger partial charge in [0.05, 0.1) is 31.1 Å². The Bertz CT molecular complexity index is 520. The minimum absolute atomic E-state index is 0.0442. The van der Waals surface area contributed by atoms with Crippen LogP contribution in [0, 0.1) is 27.4 Å². The lowest BCUT2D eigenvalue weighted by Crippen LogP contribution is -2.06. The summed E-state index contributed by atoms with van der Waals surface area (Å²) in [5.41, 5.74) is 0.361. The summed E-state index contributed by atoms with van der Waals surface area (Å²) in [4.78, 5) is 10.5. The van der Waals surface area contributed by atoms with Gasteiger partial charge in [-0.1, -0.05) is 13.8 Å². The van der Waals surface area contributed by atoms with Crippen molar-refractivity contribution < 1.29 is 14.4 Å². The number of methoxy groups -OCH3 is 2. The highest BCUT2D eigenvalue weighted by molar-refractivity contribution is 5.59. The molecule has 102 valence electrons. The Kier molecular flexibility index (Phi) is 4.70. The van der Waals surface area contributed by atoms with E-state index < -0.39 is 10.8 Å². The van der Waals surface area contributed by atoms with Crippen LogP contribution in [0.25, 0.3) is 0 Å². The van der Waals surface area contributed by atoms with Gasteiger partial charge in [-0.05, 0) is 17.5 Å². The van der Waals surface area contributed by atoms with Crippen LogP contribution >= 0.6 is 0 Å². The van der Waals surface area contributed by atoms with Crippen LogP contribution in [0.5, 0.6) is 11.5 Å². The van der Waals surface area contributed by atoms with Gasteiger partial charge in [0.25, 0.3) is 0 Å². The summed E-state index contributed by atoms with van der Waals surface area (Å²) in [5.74, 6) is -0.0643. The number of hydrogen-bond donors (Lipinski definition) is 0. The fourth-order valence-corrected chi connectivity index (χ4v) is 1.89. The summed E-state index contributed by atoms with van der Waals surface area (Å²) in [6.45, 7) is 3.77. The molecule has 0 N–H and O–H groups in total. The maximum Gasteiger partial charge on any atom is 0.315 e. The van der Waals surface area contributed by atoms with E-state index in [1.165, 1.54) is 20.3 Å². The van der Waals surface area contributed by atoms with Crippen molar-refractivity contribution in [2.45, 2.75) is 19.8 Å². The molecule has 0 aliphatic carbocycles. The molecule has 1 aromatic rings. The molecule has 1 atom stereocenters. The third-order valence-corrected chi connectivity index (χ3v) is 2.84. The lowest BCUT2D eigenvalue weighted by atomic mass is 9.89. The van der Waals surface area contributed by atoms with Crippen LogP contribution in [-0.2, 0) is 0 Å². The monoisotopic (exact) mass is 264 g/mol. The molecule has 0 bridgehead atoms. The topological polar surface area (TPSA) is 85.4 Å². The number of ether oxygens (including phenoxy) is 2. The summed E-state index contributed by atoms with van der Waals surface area (Å²) in [6, 6.07) is 5.13. The molecule has 0 spiro atoms. The van der Waals surface area contributed by atoms with E-state index in [1.807, 2.05) is 13.8 Å². The van der Waals surface area contributed by atoms with Gasteiger partial charge in [-0.25, -0.2) is 0 Å². The maximum atomic E-state index is 11.1. The van der Waals surface area contributed by atoms with Gasteiger partial charge in [0.2, 0.25) is 5.75 Å². The Hall–Kier alpha value is -2.29. The standard InChI is InChI=1S/C13H16N2O4/c1-8(2)10(7-14)9-5-11(15(16)17)13(19-4)12(6-9)18-3/h5-6,8,10H,1-4H3. The first-order valence-corrected chi connectivity index (χ1v) is 5.76. The molecule has 6 heteroatoms. The van der Waals surface area contributed by atoms with Crippen molar-refractivity contribution in [1.29, 1.82) is 5.26 Å². The smallest absolute Gasteiger partial charge is 0.315 e. The lowest BCUT2D eigenvalue weighted by molar-refractivity contribution is -0.385. The molecule has 0 saturated heterocycles. The largest absolute Gasteiger partial charge is 0.493 e. The molecule has 19 heavy (non-hydrogen) atoms. The van der Waals surface area contributed by atoms with Crippen molar-refractivity contribution in [1.82, 2.24) is 0 Å². The molecule has 0 radical (unpaired) electrons. The molecular weight excluding hydrogens is 248 g/mol. The summed E-state index contributed by atoms with van der Waals surface area (Å²) < 4.78 is 10.1. The first-order valence-electron chi connectivity index (χ1n) is 5.76. The van der Waals surface area contributed by atoms with Crippen LogP contribution in [0.3, 0.4) is 0 Å². The van der Waals surface area contributed by atoms with Crippen molar-refractivity contribution in [2.75, 3.05) is 14.2 Å². The molecule has 0 aliphatic rings. The third kappa shape index (κ3) is 2.94. The van der Waals surface area contributed by atoms with Crippen LogP contribution in [0.2, 0.25) is 0 Å².